The Kier molecular flexibility index (Phi) is 13.4. The average Bonchev–Trinajstić information content (AvgIpc) is 4.01. The molecular formula is C55H57N9O7S. The number of carbonyl (C=O) groups is 4. The number of ether oxygens (including phenoxy) is 1. The summed E-state index contributed by atoms with van der Waals surface area (Å²) in [5.41, 5.74) is 7.02. The van der Waals surface area contributed by atoms with Crippen molar-refractivity contribution >= 4 is 67.1 Å². The van der Waals surface area contributed by atoms with Crippen molar-refractivity contribution in [1.82, 2.24) is 35.4 Å². The molecule has 2 saturated heterocycles. The fourth-order valence-corrected chi connectivity index (χ4v) is 11.8. The number of H-pyrrole nitrogens is 1. The Bertz CT molecular complexity index is 3160. The number of aromatic nitrogens is 4. The van der Waals surface area contributed by atoms with Crippen LogP contribution in [0.25, 0.3) is 32.2 Å². The van der Waals surface area contributed by atoms with Gasteiger partial charge in [-0.2, -0.15) is 5.10 Å². The van der Waals surface area contributed by atoms with Gasteiger partial charge in [-0.25, -0.2) is 14.8 Å². The Labute approximate surface area is 420 Å². The number of pyridine rings is 1. The summed E-state index contributed by atoms with van der Waals surface area (Å²) in [6.07, 6.45) is 8.10. The summed E-state index contributed by atoms with van der Waals surface area (Å²) in [6, 6.07) is 28.9. The van der Waals surface area contributed by atoms with Crippen molar-refractivity contribution in [3.63, 3.8) is 0 Å². The van der Waals surface area contributed by atoms with Gasteiger partial charge in [0.15, 0.2) is 10.8 Å². The molecule has 72 heavy (non-hydrogen) atoms. The average molecular weight is 988 g/mol. The van der Waals surface area contributed by atoms with Crippen LogP contribution in [0.5, 0.6) is 11.5 Å². The number of benzene rings is 4. The molecule has 1 atom stereocenters. The monoisotopic (exact) mass is 987 g/mol. The highest BCUT2D eigenvalue weighted by Crippen LogP contribution is 2.38. The molecule has 3 fully saturated rings. The molecule has 1 unspecified atom stereocenters. The lowest BCUT2D eigenvalue weighted by Crippen LogP contribution is -2.47. The summed E-state index contributed by atoms with van der Waals surface area (Å²) >= 11 is 1.44. The summed E-state index contributed by atoms with van der Waals surface area (Å²) in [4.78, 5) is 70.8. The second-order valence-electron chi connectivity index (χ2n) is 19.4. The molecule has 1 aliphatic carbocycles. The summed E-state index contributed by atoms with van der Waals surface area (Å²) in [5, 5.41) is 26.8. The predicted molar refractivity (Wildman–Crippen MR) is 276 cm³/mol. The van der Waals surface area contributed by atoms with Crippen molar-refractivity contribution in [3.8, 4) is 22.6 Å². The molecule has 11 rings (SSSR count). The van der Waals surface area contributed by atoms with Gasteiger partial charge < -0.3 is 24.5 Å². The molecule has 6 heterocycles. The minimum atomic E-state index is -1.11. The number of thiazole rings is 1. The van der Waals surface area contributed by atoms with Gasteiger partial charge in [-0.05, 0) is 142 Å². The van der Waals surface area contributed by atoms with Gasteiger partial charge in [-0.1, -0.05) is 47.7 Å². The number of carboxylic acids is 1. The van der Waals surface area contributed by atoms with Crippen LogP contribution in [0.15, 0.2) is 91.0 Å². The Morgan fingerprint density at radius 3 is 2.50 bits per heavy atom. The number of piperidine rings is 1. The Morgan fingerprint density at radius 1 is 0.847 bits per heavy atom. The van der Waals surface area contributed by atoms with Crippen LogP contribution in [0, 0.1) is 12.8 Å². The van der Waals surface area contributed by atoms with Gasteiger partial charge in [0, 0.05) is 68.3 Å². The molecule has 1 saturated carbocycles. The zero-order valence-electron chi connectivity index (χ0n) is 40.2. The van der Waals surface area contributed by atoms with Crippen molar-refractivity contribution in [2.45, 2.75) is 83.3 Å². The molecule has 370 valence electrons. The van der Waals surface area contributed by atoms with E-state index in [4.69, 9.17) is 14.6 Å². The number of hydroxylamine groups is 2. The highest BCUT2D eigenvalue weighted by Gasteiger charge is 2.32. The van der Waals surface area contributed by atoms with E-state index in [-0.39, 0.29) is 29.5 Å². The number of nitrogens with one attached hydrogen (secondary N) is 3. The van der Waals surface area contributed by atoms with E-state index in [1.165, 1.54) is 17.8 Å². The van der Waals surface area contributed by atoms with Gasteiger partial charge >= 0.3 is 5.97 Å². The van der Waals surface area contributed by atoms with Gasteiger partial charge in [-0.3, -0.25) is 30.1 Å². The van der Waals surface area contributed by atoms with E-state index < -0.39 is 11.9 Å². The first-order valence-corrected chi connectivity index (χ1v) is 25.9. The standard InChI is InChI=1S/C55H57N9O7S/c1-33-38(39-20-22-48(57-51(39)54(68)69)63-26-24-35-8-4-10-40(43(35)32-63)52(66)59-55-56-44-11-2-3-13-47(44)72-55)9-5-12-46(33)70-36-16-14-34(15-17-36)7-6-25-62-27-29-64(30-28-62)71-37-18-19-41-45(31-37)60-61-50(41)42-21-23-49(65)58-53(42)67/h2-5,8-13,18-20,22,31,34,36,42H,6-7,14-17,21,23-30,32H2,1H3,(H,60,61)(H,68,69)(H,56,59,66)(H,58,65,67). The van der Waals surface area contributed by atoms with Crippen LogP contribution in [-0.2, 0) is 22.6 Å². The highest BCUT2D eigenvalue weighted by molar-refractivity contribution is 7.22. The van der Waals surface area contributed by atoms with E-state index in [9.17, 15) is 24.3 Å². The minimum Gasteiger partial charge on any atom is -0.490 e. The number of piperazine rings is 1. The number of hydrogen-bond acceptors (Lipinski definition) is 13. The van der Waals surface area contributed by atoms with Crippen molar-refractivity contribution in [2.24, 2.45) is 5.92 Å². The Hall–Kier alpha value is -7.21. The lowest BCUT2D eigenvalue weighted by atomic mass is 9.84. The lowest BCUT2D eigenvalue weighted by Gasteiger charge is -2.34. The van der Waals surface area contributed by atoms with E-state index in [0.717, 1.165) is 120 Å². The minimum absolute atomic E-state index is 0.0239. The van der Waals surface area contributed by atoms with Crippen molar-refractivity contribution in [3.05, 3.63) is 125 Å². The first-order chi connectivity index (χ1) is 35.1. The van der Waals surface area contributed by atoms with Crippen LogP contribution in [-0.4, -0.2) is 104 Å². The third-order valence-electron chi connectivity index (χ3n) is 14.9. The number of carboxylic acid groups (broad SMARTS) is 1. The fraction of sp³-hybridized carbons (Fsp3) is 0.364. The Morgan fingerprint density at radius 2 is 1.68 bits per heavy atom. The maximum atomic E-state index is 13.7. The van der Waals surface area contributed by atoms with E-state index >= 15 is 0 Å². The largest absolute Gasteiger partial charge is 0.490 e. The van der Waals surface area contributed by atoms with Crippen LogP contribution in [0.2, 0.25) is 0 Å². The van der Waals surface area contributed by atoms with Crippen LogP contribution < -0.4 is 25.1 Å². The highest BCUT2D eigenvalue weighted by atomic mass is 32.1. The normalized spacial score (nSPS) is 19.8. The SMILES string of the molecule is Cc1c(OC2CCC(CCCN3CCN(Oc4ccc5c(C6CCC(=O)NC6=O)[nH]nc5c4)CC3)CC2)cccc1-c1ccc(N2CCc3cccc(C(=O)Nc4nc5ccccc5s4)c3C2)nc1C(=O)O. The maximum absolute atomic E-state index is 13.7. The van der Waals surface area contributed by atoms with Crippen molar-refractivity contribution < 1.29 is 33.9 Å². The number of nitrogens with zero attached hydrogens (tertiary/aromatic N) is 6. The van der Waals surface area contributed by atoms with E-state index in [1.807, 2.05) is 108 Å². The van der Waals surface area contributed by atoms with Crippen LogP contribution in [0.3, 0.4) is 0 Å². The number of para-hydroxylation sites is 1. The van der Waals surface area contributed by atoms with E-state index in [2.05, 4.69) is 30.7 Å². The smallest absolute Gasteiger partial charge is 0.355 e. The number of imide groups is 1. The summed E-state index contributed by atoms with van der Waals surface area (Å²) in [5.74, 6) is 0.406. The maximum Gasteiger partial charge on any atom is 0.355 e. The number of amides is 3. The Balaban J connectivity index is 0.649. The molecule has 0 spiro atoms. The van der Waals surface area contributed by atoms with Crippen LogP contribution in [0.1, 0.15) is 101 Å². The van der Waals surface area contributed by atoms with Gasteiger partial charge in [0.05, 0.1) is 33.4 Å². The molecule has 4 N–H and O–H groups in total. The molecule has 3 aromatic heterocycles. The number of carbonyl (C=O) groups excluding carboxylic acids is 3. The molecule has 3 amide bonds. The van der Waals surface area contributed by atoms with E-state index in [1.54, 1.807) is 0 Å². The number of anilines is 2. The van der Waals surface area contributed by atoms with E-state index in [0.29, 0.717) is 66.1 Å². The molecule has 17 heteroatoms. The second-order valence-corrected chi connectivity index (χ2v) is 20.5. The summed E-state index contributed by atoms with van der Waals surface area (Å²) in [7, 11) is 0. The topological polar surface area (TPSA) is 195 Å². The predicted octanol–water partition coefficient (Wildman–Crippen LogP) is 8.91. The third-order valence-corrected chi connectivity index (χ3v) is 15.8. The first-order valence-electron chi connectivity index (χ1n) is 25.1. The molecular weight excluding hydrogens is 931 g/mol. The number of aromatic carboxylic acids is 1. The lowest BCUT2D eigenvalue weighted by molar-refractivity contribution is -0.134. The fourth-order valence-electron chi connectivity index (χ4n) is 10.9. The number of fused-ring (bicyclic) bond motifs is 3. The molecule has 0 bridgehead atoms. The number of aromatic amines is 1. The number of hydrogen-bond donors (Lipinski definition) is 4. The van der Waals surface area contributed by atoms with Gasteiger partial charge in [-0.15, -0.1) is 5.06 Å². The van der Waals surface area contributed by atoms with Gasteiger partial charge in [0.1, 0.15) is 17.3 Å². The molecule has 3 aliphatic heterocycles. The molecule has 7 aromatic rings. The van der Waals surface area contributed by atoms with Crippen LogP contribution >= 0.6 is 11.3 Å². The van der Waals surface area contributed by atoms with Crippen molar-refractivity contribution in [2.75, 3.05) is 49.5 Å². The van der Waals surface area contributed by atoms with Crippen LogP contribution in [0.4, 0.5) is 10.9 Å². The summed E-state index contributed by atoms with van der Waals surface area (Å²) in [6.45, 7) is 7.56. The second kappa shape index (κ2) is 20.5. The van der Waals surface area contributed by atoms with Gasteiger partial charge in [0.2, 0.25) is 11.8 Å². The quantitative estimate of drug-likeness (QED) is 0.0755. The zero-order valence-corrected chi connectivity index (χ0v) is 41.0. The van der Waals surface area contributed by atoms with Gasteiger partial charge in [0.25, 0.3) is 5.91 Å². The first kappa shape index (κ1) is 47.1. The molecule has 0 radical (unpaired) electrons. The third kappa shape index (κ3) is 10.0. The summed E-state index contributed by atoms with van der Waals surface area (Å²) < 4.78 is 7.67. The molecule has 4 aliphatic rings. The van der Waals surface area contributed by atoms with Crippen molar-refractivity contribution in [1.29, 1.82) is 0 Å². The molecule has 16 nitrogen and oxygen atoms in total. The zero-order chi connectivity index (χ0) is 49.3. The molecule has 4 aromatic carbocycles. The number of rotatable bonds is 14.